The number of amides is 1. The van der Waals surface area contributed by atoms with Gasteiger partial charge in [-0.1, -0.05) is 30.3 Å². The van der Waals surface area contributed by atoms with Gasteiger partial charge in [-0.25, -0.2) is 4.79 Å². The van der Waals surface area contributed by atoms with E-state index in [4.69, 9.17) is 9.47 Å². The standard InChI is InChI=1S/C19H24N2O4/c1-24-17(22)19-7-14-8-20-9-15(14)16(19)10-21(12-19)18(23)25-11-13-5-3-2-4-6-13/h2-6,14-16,20H,7-12H2,1H3/t14-,15+,16+,19+/m1/s1. The molecular formula is C19H24N2O4. The van der Waals surface area contributed by atoms with Gasteiger partial charge < -0.3 is 19.7 Å². The second-order valence-electron chi connectivity index (χ2n) is 7.46. The topological polar surface area (TPSA) is 67.9 Å². The molecule has 1 saturated carbocycles. The Morgan fingerprint density at radius 3 is 2.84 bits per heavy atom. The quantitative estimate of drug-likeness (QED) is 0.845. The van der Waals surface area contributed by atoms with E-state index in [1.165, 1.54) is 7.11 Å². The van der Waals surface area contributed by atoms with Crippen LogP contribution in [0.15, 0.2) is 30.3 Å². The molecule has 0 aromatic heterocycles. The number of carbonyl (C=O) groups is 2. The number of benzene rings is 1. The first-order chi connectivity index (χ1) is 12.1. The van der Waals surface area contributed by atoms with Crippen LogP contribution in [0.25, 0.3) is 0 Å². The number of likely N-dealkylation sites (tertiary alicyclic amines) is 1. The lowest BCUT2D eigenvalue weighted by Gasteiger charge is -2.27. The zero-order valence-corrected chi connectivity index (χ0v) is 14.4. The van der Waals surface area contributed by atoms with Gasteiger partial charge in [0.15, 0.2) is 0 Å². The van der Waals surface area contributed by atoms with Crippen LogP contribution in [0.4, 0.5) is 4.79 Å². The number of carbonyl (C=O) groups excluding carboxylic acids is 2. The molecular weight excluding hydrogens is 320 g/mol. The molecule has 1 aromatic carbocycles. The summed E-state index contributed by atoms with van der Waals surface area (Å²) < 4.78 is 10.6. The van der Waals surface area contributed by atoms with Crippen molar-refractivity contribution in [2.75, 3.05) is 33.3 Å². The Bertz CT molecular complexity index is 665. The van der Waals surface area contributed by atoms with Gasteiger partial charge in [-0.2, -0.15) is 0 Å². The third-order valence-corrected chi connectivity index (χ3v) is 6.19. The fraction of sp³-hybridized carbons (Fsp3) is 0.579. The van der Waals surface area contributed by atoms with Crippen LogP contribution in [0.3, 0.4) is 0 Å². The Morgan fingerprint density at radius 1 is 1.28 bits per heavy atom. The predicted molar refractivity (Wildman–Crippen MR) is 90.6 cm³/mol. The van der Waals surface area contributed by atoms with Crippen molar-refractivity contribution in [3.8, 4) is 0 Å². The number of esters is 1. The summed E-state index contributed by atoms with van der Waals surface area (Å²) in [5, 5.41) is 3.41. The summed E-state index contributed by atoms with van der Waals surface area (Å²) in [5.41, 5.74) is 0.399. The van der Waals surface area contributed by atoms with Crippen LogP contribution in [-0.4, -0.2) is 50.3 Å². The van der Waals surface area contributed by atoms with Crippen LogP contribution in [0.1, 0.15) is 12.0 Å². The zero-order chi connectivity index (χ0) is 17.4. The largest absolute Gasteiger partial charge is 0.469 e. The van der Waals surface area contributed by atoms with Crippen molar-refractivity contribution in [2.24, 2.45) is 23.2 Å². The van der Waals surface area contributed by atoms with Gasteiger partial charge in [0.25, 0.3) is 0 Å². The van der Waals surface area contributed by atoms with Crippen LogP contribution < -0.4 is 5.32 Å². The second kappa shape index (κ2) is 6.33. The summed E-state index contributed by atoms with van der Waals surface area (Å²) in [7, 11) is 1.44. The fourth-order valence-corrected chi connectivity index (χ4v) is 5.06. The number of hydrogen-bond donors (Lipinski definition) is 1. The number of ether oxygens (including phenoxy) is 2. The summed E-state index contributed by atoms with van der Waals surface area (Å²) >= 11 is 0. The number of methoxy groups -OCH3 is 1. The molecule has 2 heterocycles. The Hall–Kier alpha value is -2.08. The molecule has 1 N–H and O–H groups in total. The van der Waals surface area contributed by atoms with E-state index in [0.717, 1.165) is 25.1 Å². The highest BCUT2D eigenvalue weighted by Crippen LogP contribution is 2.56. The van der Waals surface area contributed by atoms with Gasteiger partial charge >= 0.3 is 12.1 Å². The van der Waals surface area contributed by atoms with Gasteiger partial charge in [0.2, 0.25) is 0 Å². The summed E-state index contributed by atoms with van der Waals surface area (Å²) in [5.74, 6) is 0.923. The molecule has 1 amide bonds. The van der Waals surface area contributed by atoms with E-state index in [9.17, 15) is 9.59 Å². The van der Waals surface area contributed by atoms with E-state index < -0.39 is 5.41 Å². The summed E-state index contributed by atoms with van der Waals surface area (Å²) in [4.78, 5) is 26.8. The molecule has 1 aromatic rings. The van der Waals surface area contributed by atoms with E-state index in [1.54, 1.807) is 4.90 Å². The van der Waals surface area contributed by atoms with Crippen molar-refractivity contribution in [3.63, 3.8) is 0 Å². The van der Waals surface area contributed by atoms with Crippen molar-refractivity contribution in [3.05, 3.63) is 35.9 Å². The van der Waals surface area contributed by atoms with Crippen molar-refractivity contribution in [1.29, 1.82) is 0 Å². The average Bonchev–Trinajstić information content (AvgIpc) is 3.30. The minimum Gasteiger partial charge on any atom is -0.469 e. The van der Waals surface area contributed by atoms with Gasteiger partial charge in [-0.3, -0.25) is 4.79 Å². The lowest BCUT2D eigenvalue weighted by atomic mass is 9.78. The number of nitrogens with one attached hydrogen (secondary N) is 1. The first kappa shape index (κ1) is 16.4. The van der Waals surface area contributed by atoms with Crippen LogP contribution >= 0.6 is 0 Å². The molecule has 6 heteroatoms. The van der Waals surface area contributed by atoms with E-state index in [1.807, 2.05) is 30.3 Å². The Kier molecular flexibility index (Phi) is 4.15. The molecule has 0 spiro atoms. The van der Waals surface area contributed by atoms with Gasteiger partial charge in [0.1, 0.15) is 6.61 Å². The number of fused-ring (bicyclic) bond motifs is 3. The maximum Gasteiger partial charge on any atom is 0.410 e. The molecule has 2 aliphatic heterocycles. The molecule has 2 saturated heterocycles. The summed E-state index contributed by atoms with van der Waals surface area (Å²) in [6, 6.07) is 9.62. The van der Waals surface area contributed by atoms with E-state index >= 15 is 0 Å². The highest BCUT2D eigenvalue weighted by Gasteiger charge is 2.64. The maximum atomic E-state index is 12.6. The van der Waals surface area contributed by atoms with E-state index in [0.29, 0.717) is 24.9 Å². The van der Waals surface area contributed by atoms with E-state index in [2.05, 4.69) is 5.32 Å². The molecule has 4 rings (SSSR count). The molecule has 25 heavy (non-hydrogen) atoms. The normalized spacial score (nSPS) is 33.0. The molecule has 0 bridgehead atoms. The third-order valence-electron chi connectivity index (χ3n) is 6.19. The van der Waals surface area contributed by atoms with Gasteiger partial charge in [-0.05, 0) is 42.8 Å². The highest BCUT2D eigenvalue weighted by atomic mass is 16.6. The molecule has 3 fully saturated rings. The second-order valence-corrected chi connectivity index (χ2v) is 7.46. The SMILES string of the molecule is COC(=O)[C@]12C[C@@H]3CNC[C@@H]3[C@@H]1CN(C(=O)OCc1ccccc1)C2. The molecule has 0 radical (unpaired) electrons. The predicted octanol–water partition coefficient (Wildman–Crippen LogP) is 1.65. The first-order valence-electron chi connectivity index (χ1n) is 8.89. The van der Waals surface area contributed by atoms with E-state index in [-0.39, 0.29) is 24.6 Å². The molecule has 134 valence electrons. The summed E-state index contributed by atoms with van der Waals surface area (Å²) in [6.07, 6.45) is 0.453. The minimum absolute atomic E-state index is 0.157. The van der Waals surface area contributed by atoms with Crippen LogP contribution in [-0.2, 0) is 20.9 Å². The van der Waals surface area contributed by atoms with Crippen LogP contribution in [0.2, 0.25) is 0 Å². The van der Waals surface area contributed by atoms with Crippen molar-refractivity contribution >= 4 is 12.1 Å². The van der Waals surface area contributed by atoms with Crippen molar-refractivity contribution in [2.45, 2.75) is 13.0 Å². The number of rotatable bonds is 3. The molecule has 4 atom stereocenters. The van der Waals surface area contributed by atoms with Gasteiger partial charge in [0.05, 0.1) is 12.5 Å². The highest BCUT2D eigenvalue weighted by molar-refractivity contribution is 5.80. The fourth-order valence-electron chi connectivity index (χ4n) is 5.06. The average molecular weight is 344 g/mol. The van der Waals surface area contributed by atoms with Gasteiger partial charge in [-0.15, -0.1) is 0 Å². The Balaban J connectivity index is 1.46. The Morgan fingerprint density at radius 2 is 2.08 bits per heavy atom. The zero-order valence-electron chi connectivity index (χ0n) is 14.4. The van der Waals surface area contributed by atoms with Crippen LogP contribution in [0, 0.1) is 23.2 Å². The monoisotopic (exact) mass is 344 g/mol. The number of hydrogen-bond acceptors (Lipinski definition) is 5. The van der Waals surface area contributed by atoms with Gasteiger partial charge in [0, 0.05) is 13.1 Å². The van der Waals surface area contributed by atoms with Crippen molar-refractivity contribution in [1.82, 2.24) is 10.2 Å². The molecule has 3 aliphatic rings. The minimum atomic E-state index is -0.558. The molecule has 6 nitrogen and oxygen atoms in total. The summed E-state index contributed by atoms with van der Waals surface area (Å²) in [6.45, 7) is 3.11. The number of nitrogens with zero attached hydrogens (tertiary/aromatic N) is 1. The lowest BCUT2D eigenvalue weighted by molar-refractivity contribution is -0.153. The lowest BCUT2D eigenvalue weighted by Crippen LogP contribution is -2.40. The van der Waals surface area contributed by atoms with Crippen molar-refractivity contribution < 1.29 is 19.1 Å². The third kappa shape index (κ3) is 2.68. The molecule has 1 aliphatic carbocycles. The Labute approximate surface area is 147 Å². The molecule has 0 unspecified atom stereocenters. The maximum absolute atomic E-state index is 12.6. The first-order valence-corrected chi connectivity index (χ1v) is 8.89. The smallest absolute Gasteiger partial charge is 0.410 e. The van der Waals surface area contributed by atoms with Crippen LogP contribution in [0.5, 0.6) is 0 Å².